The number of amides is 1. The van der Waals surface area contributed by atoms with Gasteiger partial charge >= 0.3 is 5.51 Å². The van der Waals surface area contributed by atoms with Crippen molar-refractivity contribution in [3.63, 3.8) is 0 Å². The van der Waals surface area contributed by atoms with Crippen molar-refractivity contribution < 1.29 is 18.0 Å². The molecule has 0 spiro atoms. The van der Waals surface area contributed by atoms with Crippen molar-refractivity contribution in [3.05, 3.63) is 59.7 Å². The van der Waals surface area contributed by atoms with Gasteiger partial charge in [-0.05, 0) is 90.7 Å². The summed E-state index contributed by atoms with van der Waals surface area (Å²) < 4.78 is 37.7. The molecule has 2 aliphatic rings. The van der Waals surface area contributed by atoms with Crippen molar-refractivity contribution in [3.8, 4) is 0 Å². The second kappa shape index (κ2) is 14.1. The van der Waals surface area contributed by atoms with Crippen LogP contribution in [-0.2, 0) is 16.6 Å². The largest absolute Gasteiger partial charge is 0.446 e. The van der Waals surface area contributed by atoms with Crippen LogP contribution in [0.3, 0.4) is 0 Å². The molecule has 40 heavy (non-hydrogen) atoms. The standard InChI is InChI=1S/C31H42F3N3OS.CH4/c1-30(2,3)26-10-12-27(13-11-26)36-20-18-35(19-21-36)16-5-7-29(38)37-17-4-6-25(23-37)22-24-8-14-28(15-9-24)39-31(32,33)34;/h8-15,25H,4-7,16-23H2,1-3H3;1H4/t25-;/m1./s1. The van der Waals surface area contributed by atoms with E-state index in [0.29, 0.717) is 12.3 Å². The topological polar surface area (TPSA) is 26.8 Å². The van der Waals surface area contributed by atoms with Gasteiger partial charge in [0.2, 0.25) is 5.91 Å². The van der Waals surface area contributed by atoms with Crippen LogP contribution < -0.4 is 4.90 Å². The maximum Gasteiger partial charge on any atom is 0.446 e. The first kappa shape index (κ1) is 32.3. The number of likely N-dealkylation sites (tertiary alicyclic amines) is 1. The number of halogens is 3. The molecule has 0 bridgehead atoms. The number of rotatable bonds is 8. The Morgan fingerprint density at radius 3 is 2.17 bits per heavy atom. The Morgan fingerprint density at radius 2 is 1.57 bits per heavy atom. The summed E-state index contributed by atoms with van der Waals surface area (Å²) >= 11 is -0.0811. The second-order valence-electron chi connectivity index (χ2n) is 12.0. The van der Waals surface area contributed by atoms with Gasteiger partial charge in [0.25, 0.3) is 0 Å². The fourth-order valence-electron chi connectivity index (χ4n) is 5.63. The molecule has 2 saturated heterocycles. The van der Waals surface area contributed by atoms with Gasteiger partial charge in [-0.25, -0.2) is 0 Å². The highest BCUT2D eigenvalue weighted by molar-refractivity contribution is 8.00. The van der Waals surface area contributed by atoms with Gasteiger partial charge < -0.3 is 9.80 Å². The Kier molecular flexibility index (Phi) is 11.4. The molecule has 0 aromatic heterocycles. The van der Waals surface area contributed by atoms with Gasteiger partial charge in [-0.1, -0.05) is 52.5 Å². The number of alkyl halides is 3. The quantitative estimate of drug-likeness (QED) is 0.302. The molecule has 2 aliphatic heterocycles. The van der Waals surface area contributed by atoms with Crippen molar-refractivity contribution in [2.45, 2.75) is 76.1 Å². The van der Waals surface area contributed by atoms with E-state index in [9.17, 15) is 18.0 Å². The van der Waals surface area contributed by atoms with E-state index >= 15 is 0 Å². The highest BCUT2D eigenvalue weighted by atomic mass is 32.2. The summed E-state index contributed by atoms with van der Waals surface area (Å²) in [7, 11) is 0. The molecule has 1 amide bonds. The van der Waals surface area contributed by atoms with Crippen LogP contribution in [0.1, 0.15) is 65.0 Å². The predicted octanol–water partition coefficient (Wildman–Crippen LogP) is 7.62. The monoisotopic (exact) mass is 577 g/mol. The van der Waals surface area contributed by atoms with Crippen molar-refractivity contribution in [2.24, 2.45) is 5.92 Å². The summed E-state index contributed by atoms with van der Waals surface area (Å²) in [5, 5.41) is 0. The fraction of sp³-hybridized carbons (Fsp3) is 0.594. The predicted molar refractivity (Wildman–Crippen MR) is 161 cm³/mol. The molecule has 0 unspecified atom stereocenters. The van der Waals surface area contributed by atoms with Crippen molar-refractivity contribution in [1.29, 1.82) is 0 Å². The molecule has 8 heteroatoms. The van der Waals surface area contributed by atoms with Crippen LogP contribution >= 0.6 is 11.8 Å². The van der Waals surface area contributed by atoms with Crippen LogP contribution in [0, 0.1) is 5.92 Å². The van der Waals surface area contributed by atoms with E-state index in [1.165, 1.54) is 11.3 Å². The van der Waals surface area contributed by atoms with E-state index < -0.39 is 5.51 Å². The Labute approximate surface area is 243 Å². The van der Waals surface area contributed by atoms with Crippen LogP contribution in [0.4, 0.5) is 18.9 Å². The van der Waals surface area contributed by atoms with Crippen LogP contribution in [0.2, 0.25) is 0 Å². The number of piperidine rings is 1. The molecule has 4 nitrogen and oxygen atoms in total. The third-order valence-corrected chi connectivity index (χ3v) is 8.63. The minimum Gasteiger partial charge on any atom is -0.369 e. The number of nitrogens with zero attached hydrogens (tertiary/aromatic N) is 3. The molecule has 0 saturated carbocycles. The summed E-state index contributed by atoms with van der Waals surface area (Å²) in [6, 6.07) is 15.6. The zero-order valence-electron chi connectivity index (χ0n) is 23.5. The van der Waals surface area contributed by atoms with E-state index in [1.54, 1.807) is 24.3 Å². The molecular weight excluding hydrogens is 531 g/mol. The molecule has 2 heterocycles. The molecule has 2 aromatic carbocycles. The van der Waals surface area contributed by atoms with E-state index in [1.807, 2.05) is 4.90 Å². The van der Waals surface area contributed by atoms with E-state index in [2.05, 4.69) is 54.8 Å². The SMILES string of the molecule is C.CC(C)(C)c1ccc(N2CCN(CCCC(=O)N3CCC[C@H](Cc4ccc(SC(F)(F)F)cc4)C3)CC2)cc1. The zero-order valence-corrected chi connectivity index (χ0v) is 24.3. The van der Waals surface area contributed by atoms with Gasteiger partial charge in [0, 0.05) is 56.3 Å². The van der Waals surface area contributed by atoms with Crippen LogP contribution in [0.5, 0.6) is 0 Å². The third-order valence-electron chi connectivity index (χ3n) is 7.89. The summed E-state index contributed by atoms with van der Waals surface area (Å²) in [5.41, 5.74) is -0.428. The first-order valence-corrected chi connectivity index (χ1v) is 15.0. The van der Waals surface area contributed by atoms with Crippen molar-refractivity contribution in [1.82, 2.24) is 9.80 Å². The van der Waals surface area contributed by atoms with Gasteiger partial charge in [-0.3, -0.25) is 9.69 Å². The number of benzene rings is 2. The van der Waals surface area contributed by atoms with E-state index in [-0.39, 0.29) is 35.4 Å². The summed E-state index contributed by atoms with van der Waals surface area (Å²) in [6.45, 7) is 13.3. The van der Waals surface area contributed by atoms with Crippen molar-refractivity contribution >= 4 is 23.4 Å². The van der Waals surface area contributed by atoms with E-state index in [4.69, 9.17) is 0 Å². The van der Waals surface area contributed by atoms with Crippen LogP contribution in [-0.4, -0.2) is 67.0 Å². The van der Waals surface area contributed by atoms with Gasteiger partial charge in [-0.2, -0.15) is 13.2 Å². The summed E-state index contributed by atoms with van der Waals surface area (Å²) in [5.74, 6) is 0.587. The highest BCUT2D eigenvalue weighted by Crippen LogP contribution is 2.37. The van der Waals surface area contributed by atoms with Crippen LogP contribution in [0.25, 0.3) is 0 Å². The third kappa shape index (κ3) is 9.72. The zero-order chi connectivity index (χ0) is 28.0. The Bertz CT molecular complexity index is 1060. The van der Waals surface area contributed by atoms with Gasteiger partial charge in [0.1, 0.15) is 0 Å². The Hall–Kier alpha value is -2.19. The number of hydrogen-bond acceptors (Lipinski definition) is 4. The Balaban J connectivity index is 0.00000441. The molecular formula is C32H46F3N3OS. The van der Waals surface area contributed by atoms with Crippen molar-refractivity contribution in [2.75, 3.05) is 50.7 Å². The number of carbonyl (C=O) groups is 1. The first-order chi connectivity index (χ1) is 18.5. The average molecular weight is 578 g/mol. The first-order valence-electron chi connectivity index (χ1n) is 14.2. The second-order valence-corrected chi connectivity index (χ2v) is 13.1. The number of carbonyl (C=O) groups excluding carboxylic acids is 1. The molecule has 1 atom stereocenters. The lowest BCUT2D eigenvalue weighted by Gasteiger charge is -2.36. The molecule has 4 rings (SSSR count). The lowest BCUT2D eigenvalue weighted by Crippen LogP contribution is -2.47. The minimum absolute atomic E-state index is 0. The number of hydrogen-bond donors (Lipinski definition) is 0. The summed E-state index contributed by atoms with van der Waals surface area (Å²) in [6.07, 6.45) is 4.27. The molecule has 2 aromatic rings. The average Bonchev–Trinajstić information content (AvgIpc) is 2.89. The van der Waals surface area contributed by atoms with E-state index in [0.717, 1.165) is 77.1 Å². The Morgan fingerprint density at radius 1 is 0.925 bits per heavy atom. The van der Waals surface area contributed by atoms with Gasteiger partial charge in [-0.15, -0.1) is 0 Å². The maximum atomic E-state index is 12.9. The molecule has 0 N–H and O–H groups in total. The molecule has 2 fully saturated rings. The molecule has 0 radical (unpaired) electrons. The highest BCUT2D eigenvalue weighted by Gasteiger charge is 2.29. The number of anilines is 1. The van der Waals surface area contributed by atoms with Gasteiger partial charge in [0.15, 0.2) is 0 Å². The lowest BCUT2D eigenvalue weighted by atomic mass is 9.87. The minimum atomic E-state index is -4.26. The normalized spacial score (nSPS) is 18.9. The molecule has 0 aliphatic carbocycles. The molecule has 222 valence electrons. The number of thioether (sulfide) groups is 1. The van der Waals surface area contributed by atoms with Gasteiger partial charge in [0.05, 0.1) is 0 Å². The number of piperazine rings is 1. The maximum absolute atomic E-state index is 12.9. The lowest BCUT2D eigenvalue weighted by molar-refractivity contribution is -0.133. The summed E-state index contributed by atoms with van der Waals surface area (Å²) in [4.78, 5) is 20.1. The van der Waals surface area contributed by atoms with Crippen LogP contribution in [0.15, 0.2) is 53.4 Å². The fourth-order valence-corrected chi connectivity index (χ4v) is 6.17. The smallest absolute Gasteiger partial charge is 0.369 e.